The van der Waals surface area contributed by atoms with E-state index >= 15 is 0 Å². The quantitative estimate of drug-likeness (QED) is 0.782. The van der Waals surface area contributed by atoms with E-state index in [4.69, 9.17) is 4.74 Å². The maximum absolute atomic E-state index is 12.5. The minimum atomic E-state index is -0.495. The number of hydrogen-bond acceptors (Lipinski definition) is 6. The summed E-state index contributed by atoms with van der Waals surface area (Å²) in [6.45, 7) is 2.65. The number of amides is 1. The Morgan fingerprint density at radius 2 is 1.96 bits per heavy atom. The second-order valence-electron chi connectivity index (χ2n) is 5.78. The predicted octanol–water partition coefficient (Wildman–Crippen LogP) is 1.44. The highest BCUT2D eigenvalue weighted by Crippen LogP contribution is 2.23. The predicted molar refractivity (Wildman–Crippen MR) is 96.7 cm³/mol. The third-order valence-corrected chi connectivity index (χ3v) is 4.35. The lowest BCUT2D eigenvalue weighted by Gasteiger charge is -2.31. The lowest BCUT2D eigenvalue weighted by atomic mass is 10.1. The van der Waals surface area contributed by atoms with Crippen LogP contribution in [-0.2, 0) is 9.53 Å². The zero-order chi connectivity index (χ0) is 16.2. The Hall–Kier alpha value is -1.57. The molecule has 3 rings (SSSR count). The molecule has 0 radical (unpaired) electrons. The average molecular weight is 392 g/mol. The van der Waals surface area contributed by atoms with Crippen molar-refractivity contribution >= 4 is 36.7 Å². The van der Waals surface area contributed by atoms with Crippen molar-refractivity contribution in [2.45, 2.75) is 31.4 Å². The van der Waals surface area contributed by atoms with Gasteiger partial charge in [-0.2, -0.15) is 0 Å². The number of hydrogen-bond donors (Lipinski definition) is 1. The topological polar surface area (TPSA) is 80.8 Å². The standard InChI is InChI=1S/C16H21N3O4.2ClH/c1-22-16(21)13-3-2-12(10-18-13)23-14-6-9-19(15(14)20)11-4-7-17-8-5-11;;/h2-3,10-11,14,17H,4-9H2,1H3;2*1H/t14-;;/m0../s1. The van der Waals surface area contributed by atoms with E-state index in [1.165, 1.54) is 19.4 Å². The van der Waals surface area contributed by atoms with Gasteiger partial charge in [0.05, 0.1) is 13.3 Å². The van der Waals surface area contributed by atoms with E-state index in [1.807, 2.05) is 4.90 Å². The van der Waals surface area contributed by atoms with Gasteiger partial charge in [-0.05, 0) is 38.1 Å². The van der Waals surface area contributed by atoms with Crippen molar-refractivity contribution in [3.8, 4) is 5.75 Å². The number of carbonyl (C=O) groups excluding carboxylic acids is 2. The monoisotopic (exact) mass is 391 g/mol. The number of ether oxygens (including phenoxy) is 2. The lowest BCUT2D eigenvalue weighted by molar-refractivity contribution is -0.135. The van der Waals surface area contributed by atoms with Gasteiger partial charge in [-0.15, -0.1) is 24.8 Å². The SMILES string of the molecule is COC(=O)c1ccc(O[C@H]2CCN(C3CCNCC3)C2=O)cn1.Cl.Cl. The van der Waals surface area contributed by atoms with E-state index in [0.717, 1.165) is 32.5 Å². The molecule has 1 atom stereocenters. The second kappa shape index (κ2) is 9.79. The number of pyridine rings is 1. The van der Waals surface area contributed by atoms with Crippen LogP contribution in [0.25, 0.3) is 0 Å². The Bertz CT molecular complexity index is 579. The Morgan fingerprint density at radius 3 is 2.56 bits per heavy atom. The van der Waals surface area contributed by atoms with Crippen molar-refractivity contribution < 1.29 is 19.1 Å². The molecule has 0 aromatic carbocycles. The molecule has 2 aliphatic rings. The first-order valence-electron chi connectivity index (χ1n) is 7.91. The third kappa shape index (κ3) is 4.96. The summed E-state index contributed by atoms with van der Waals surface area (Å²) in [4.78, 5) is 29.8. The van der Waals surface area contributed by atoms with Gasteiger partial charge in [0.1, 0.15) is 11.4 Å². The highest BCUT2D eigenvalue weighted by molar-refractivity contribution is 5.87. The molecule has 7 nitrogen and oxygen atoms in total. The second-order valence-corrected chi connectivity index (χ2v) is 5.78. The van der Waals surface area contributed by atoms with Gasteiger partial charge < -0.3 is 19.7 Å². The summed E-state index contributed by atoms with van der Waals surface area (Å²) in [5.74, 6) is 0.0442. The van der Waals surface area contributed by atoms with E-state index < -0.39 is 12.1 Å². The number of esters is 1. The fourth-order valence-corrected chi connectivity index (χ4v) is 3.10. The lowest BCUT2D eigenvalue weighted by Crippen LogP contribution is -2.45. The van der Waals surface area contributed by atoms with Crippen molar-refractivity contribution in [3.63, 3.8) is 0 Å². The molecule has 1 amide bonds. The third-order valence-electron chi connectivity index (χ3n) is 4.35. The van der Waals surface area contributed by atoms with Gasteiger partial charge in [-0.3, -0.25) is 4.79 Å². The van der Waals surface area contributed by atoms with Gasteiger partial charge in [-0.1, -0.05) is 0 Å². The number of halogens is 2. The number of methoxy groups -OCH3 is 1. The highest BCUT2D eigenvalue weighted by Gasteiger charge is 2.37. The van der Waals surface area contributed by atoms with Gasteiger partial charge >= 0.3 is 5.97 Å². The molecule has 0 saturated carbocycles. The number of aromatic nitrogens is 1. The zero-order valence-electron chi connectivity index (χ0n) is 14.0. The van der Waals surface area contributed by atoms with Gasteiger partial charge in [0.15, 0.2) is 6.10 Å². The van der Waals surface area contributed by atoms with Crippen molar-refractivity contribution in [3.05, 3.63) is 24.0 Å². The molecule has 2 saturated heterocycles. The molecule has 1 N–H and O–H groups in total. The zero-order valence-corrected chi connectivity index (χ0v) is 15.6. The Kier molecular flexibility index (Phi) is 8.41. The fraction of sp³-hybridized carbons (Fsp3) is 0.562. The van der Waals surface area contributed by atoms with E-state index in [9.17, 15) is 9.59 Å². The number of rotatable bonds is 4. The summed E-state index contributed by atoms with van der Waals surface area (Å²) in [5, 5.41) is 3.31. The summed E-state index contributed by atoms with van der Waals surface area (Å²) >= 11 is 0. The summed E-state index contributed by atoms with van der Waals surface area (Å²) in [5.41, 5.74) is 0.217. The van der Waals surface area contributed by atoms with E-state index in [2.05, 4.69) is 15.0 Å². The first kappa shape index (κ1) is 21.5. The maximum Gasteiger partial charge on any atom is 0.356 e. The van der Waals surface area contributed by atoms with Crippen molar-refractivity contribution in [2.24, 2.45) is 0 Å². The molecule has 1 aromatic heterocycles. The minimum Gasteiger partial charge on any atom is -0.479 e. The summed E-state index contributed by atoms with van der Waals surface area (Å²) in [7, 11) is 1.31. The number of piperidine rings is 1. The van der Waals surface area contributed by atoms with Crippen LogP contribution in [0.15, 0.2) is 18.3 Å². The molecule has 25 heavy (non-hydrogen) atoms. The summed E-state index contributed by atoms with van der Waals surface area (Å²) < 4.78 is 10.4. The molecule has 0 spiro atoms. The first-order chi connectivity index (χ1) is 11.2. The van der Waals surface area contributed by atoms with Crippen LogP contribution in [0.5, 0.6) is 5.75 Å². The van der Waals surface area contributed by atoms with Crippen LogP contribution in [-0.4, -0.2) is 60.7 Å². The Labute approximate surface area is 159 Å². The van der Waals surface area contributed by atoms with Crippen LogP contribution in [0.2, 0.25) is 0 Å². The molecule has 9 heteroatoms. The van der Waals surface area contributed by atoms with Crippen LogP contribution in [0, 0.1) is 0 Å². The van der Waals surface area contributed by atoms with Crippen LogP contribution in [0.1, 0.15) is 29.8 Å². The minimum absolute atomic E-state index is 0. The molecule has 1 aromatic rings. The van der Waals surface area contributed by atoms with E-state index in [0.29, 0.717) is 18.2 Å². The first-order valence-corrected chi connectivity index (χ1v) is 7.91. The highest BCUT2D eigenvalue weighted by atomic mass is 35.5. The van der Waals surface area contributed by atoms with Crippen LogP contribution in [0.3, 0.4) is 0 Å². The van der Waals surface area contributed by atoms with Crippen molar-refractivity contribution in [1.29, 1.82) is 0 Å². The van der Waals surface area contributed by atoms with Crippen LogP contribution in [0.4, 0.5) is 0 Å². The van der Waals surface area contributed by atoms with Crippen molar-refractivity contribution in [1.82, 2.24) is 15.2 Å². The number of nitrogens with one attached hydrogen (secondary N) is 1. The molecule has 140 valence electrons. The molecule has 2 fully saturated rings. The van der Waals surface area contributed by atoms with Gasteiger partial charge in [0.2, 0.25) is 0 Å². The molecule has 0 unspecified atom stereocenters. The molecule has 0 aliphatic carbocycles. The van der Waals surface area contributed by atoms with Gasteiger partial charge in [0, 0.05) is 19.0 Å². The smallest absolute Gasteiger partial charge is 0.356 e. The molecular formula is C16H23Cl2N3O4. The van der Waals surface area contributed by atoms with Crippen LogP contribution < -0.4 is 10.1 Å². The normalized spacial score (nSPS) is 20.4. The van der Waals surface area contributed by atoms with Crippen LogP contribution >= 0.6 is 24.8 Å². The largest absolute Gasteiger partial charge is 0.479 e. The molecule has 0 bridgehead atoms. The fourth-order valence-electron chi connectivity index (χ4n) is 3.10. The van der Waals surface area contributed by atoms with Crippen molar-refractivity contribution in [2.75, 3.05) is 26.7 Å². The van der Waals surface area contributed by atoms with E-state index in [-0.39, 0.29) is 36.4 Å². The number of likely N-dealkylation sites (tertiary alicyclic amines) is 1. The summed E-state index contributed by atoms with van der Waals surface area (Å²) in [6.07, 6.45) is 3.66. The molecular weight excluding hydrogens is 369 g/mol. The van der Waals surface area contributed by atoms with Gasteiger partial charge in [0.25, 0.3) is 5.91 Å². The Morgan fingerprint density at radius 1 is 1.24 bits per heavy atom. The summed E-state index contributed by atoms with van der Waals surface area (Å²) in [6, 6.07) is 3.49. The van der Waals surface area contributed by atoms with Gasteiger partial charge in [-0.25, -0.2) is 9.78 Å². The number of carbonyl (C=O) groups is 2. The number of nitrogens with zero attached hydrogens (tertiary/aromatic N) is 2. The molecule has 2 aliphatic heterocycles. The van der Waals surface area contributed by atoms with E-state index in [1.54, 1.807) is 6.07 Å². The average Bonchev–Trinajstić information content (AvgIpc) is 2.96. The Balaban J connectivity index is 0.00000156. The molecule has 3 heterocycles. The maximum atomic E-state index is 12.5.